The minimum atomic E-state index is -0.557. The Morgan fingerprint density at radius 1 is 1.16 bits per heavy atom. The van der Waals surface area contributed by atoms with Crippen LogP contribution in [-0.4, -0.2) is 42.4 Å². The minimum Gasteiger partial charge on any atom is -0.325 e. The molecule has 4 N–H and O–H groups in total. The molecular formula is C19H30N4O2. The fraction of sp³-hybridized carbons (Fsp3) is 0.579. The van der Waals surface area contributed by atoms with Crippen LogP contribution in [0.4, 0.5) is 11.4 Å². The first kappa shape index (κ1) is 19.4. The molecule has 1 atom stereocenters. The Bertz CT molecular complexity index is 609. The van der Waals surface area contributed by atoms with Gasteiger partial charge in [-0.2, -0.15) is 0 Å². The smallest absolute Gasteiger partial charge is 0.241 e. The maximum atomic E-state index is 12.3. The van der Waals surface area contributed by atoms with Gasteiger partial charge in [-0.15, -0.1) is 0 Å². The number of nitrogens with zero attached hydrogens (tertiary/aromatic N) is 1. The van der Waals surface area contributed by atoms with Crippen LogP contribution >= 0.6 is 0 Å². The zero-order valence-electron chi connectivity index (χ0n) is 15.5. The van der Waals surface area contributed by atoms with Crippen molar-refractivity contribution < 1.29 is 9.59 Å². The Hall–Kier alpha value is -1.92. The summed E-state index contributed by atoms with van der Waals surface area (Å²) in [6, 6.07) is 4.93. The van der Waals surface area contributed by atoms with Gasteiger partial charge in [0, 0.05) is 11.4 Å². The van der Waals surface area contributed by atoms with Crippen LogP contribution in [0.1, 0.15) is 38.7 Å². The van der Waals surface area contributed by atoms with Gasteiger partial charge >= 0.3 is 0 Å². The molecule has 138 valence electrons. The van der Waals surface area contributed by atoms with Crippen LogP contribution in [0.15, 0.2) is 18.2 Å². The number of carbonyl (C=O) groups is 2. The average molecular weight is 346 g/mol. The van der Waals surface area contributed by atoms with E-state index in [9.17, 15) is 9.59 Å². The van der Waals surface area contributed by atoms with E-state index in [0.29, 0.717) is 12.2 Å². The molecule has 0 spiro atoms. The molecule has 1 aliphatic rings. The standard InChI is InChI=1S/C19H30N4O2/c1-13(2)18(20)19(25)21-15-8-7-14(3)16(11-15)22-17(24)12-23-9-5-4-6-10-23/h7-8,11,13,18H,4-6,9-10,12,20H2,1-3H3,(H,21,25)(H,22,24)/t18-/m0/s1. The monoisotopic (exact) mass is 346 g/mol. The lowest BCUT2D eigenvalue weighted by atomic mass is 10.0. The van der Waals surface area contributed by atoms with E-state index >= 15 is 0 Å². The molecule has 6 heteroatoms. The Morgan fingerprint density at radius 3 is 2.48 bits per heavy atom. The van der Waals surface area contributed by atoms with Crippen LogP contribution in [0.5, 0.6) is 0 Å². The fourth-order valence-electron chi connectivity index (χ4n) is 2.87. The number of rotatable bonds is 6. The second-order valence-corrected chi connectivity index (χ2v) is 7.17. The normalized spacial score (nSPS) is 16.5. The predicted molar refractivity (Wildman–Crippen MR) is 102 cm³/mol. The van der Waals surface area contributed by atoms with Gasteiger partial charge in [-0.25, -0.2) is 0 Å². The van der Waals surface area contributed by atoms with Crippen molar-refractivity contribution in [1.82, 2.24) is 4.90 Å². The van der Waals surface area contributed by atoms with E-state index in [1.165, 1.54) is 6.42 Å². The van der Waals surface area contributed by atoms with Gasteiger partial charge in [0.15, 0.2) is 0 Å². The second-order valence-electron chi connectivity index (χ2n) is 7.17. The van der Waals surface area contributed by atoms with Crippen molar-refractivity contribution >= 4 is 23.2 Å². The van der Waals surface area contributed by atoms with Gasteiger partial charge in [0.2, 0.25) is 11.8 Å². The molecule has 0 saturated carbocycles. The minimum absolute atomic E-state index is 0.0210. The van der Waals surface area contributed by atoms with E-state index in [-0.39, 0.29) is 17.7 Å². The Balaban J connectivity index is 1.98. The summed E-state index contributed by atoms with van der Waals surface area (Å²) >= 11 is 0. The third-order valence-corrected chi connectivity index (χ3v) is 4.62. The second kappa shape index (κ2) is 8.97. The molecule has 2 rings (SSSR count). The van der Waals surface area contributed by atoms with Crippen molar-refractivity contribution in [2.75, 3.05) is 30.3 Å². The fourth-order valence-corrected chi connectivity index (χ4v) is 2.87. The summed E-state index contributed by atoms with van der Waals surface area (Å²) in [6.07, 6.45) is 3.56. The van der Waals surface area contributed by atoms with Crippen molar-refractivity contribution in [3.8, 4) is 0 Å². The molecule has 1 aromatic carbocycles. The first-order valence-corrected chi connectivity index (χ1v) is 9.06. The molecule has 0 bridgehead atoms. The summed E-state index contributed by atoms with van der Waals surface area (Å²) in [7, 11) is 0. The van der Waals surface area contributed by atoms with Crippen LogP contribution in [0.25, 0.3) is 0 Å². The molecule has 0 aromatic heterocycles. The van der Waals surface area contributed by atoms with Gasteiger partial charge < -0.3 is 16.4 Å². The molecular weight excluding hydrogens is 316 g/mol. The predicted octanol–water partition coefficient (Wildman–Crippen LogP) is 2.34. The molecule has 6 nitrogen and oxygen atoms in total. The number of nitrogens with one attached hydrogen (secondary N) is 2. The summed E-state index contributed by atoms with van der Waals surface area (Å²) in [5, 5.41) is 5.78. The zero-order valence-corrected chi connectivity index (χ0v) is 15.5. The van der Waals surface area contributed by atoms with Crippen LogP contribution < -0.4 is 16.4 Å². The largest absolute Gasteiger partial charge is 0.325 e. The van der Waals surface area contributed by atoms with Crippen LogP contribution in [-0.2, 0) is 9.59 Å². The topological polar surface area (TPSA) is 87.5 Å². The quantitative estimate of drug-likeness (QED) is 0.738. The van der Waals surface area contributed by atoms with E-state index in [4.69, 9.17) is 5.73 Å². The summed E-state index contributed by atoms with van der Waals surface area (Å²) in [5.41, 5.74) is 8.19. The SMILES string of the molecule is Cc1ccc(NC(=O)[C@@H](N)C(C)C)cc1NC(=O)CN1CCCCC1. The Morgan fingerprint density at radius 2 is 1.84 bits per heavy atom. The van der Waals surface area contributed by atoms with E-state index in [1.807, 2.05) is 32.9 Å². The molecule has 0 unspecified atom stereocenters. The first-order valence-electron chi connectivity index (χ1n) is 9.06. The van der Waals surface area contributed by atoms with E-state index in [1.54, 1.807) is 6.07 Å². The van der Waals surface area contributed by atoms with Gasteiger partial charge in [-0.3, -0.25) is 14.5 Å². The average Bonchev–Trinajstić information content (AvgIpc) is 2.57. The summed E-state index contributed by atoms with van der Waals surface area (Å²) in [6.45, 7) is 8.12. The molecule has 1 aromatic rings. The van der Waals surface area contributed by atoms with Crippen LogP contribution in [0.3, 0.4) is 0 Å². The number of benzene rings is 1. The lowest BCUT2D eigenvalue weighted by Crippen LogP contribution is -2.39. The molecule has 1 saturated heterocycles. The van der Waals surface area contributed by atoms with Gasteiger partial charge in [0.05, 0.1) is 12.6 Å². The zero-order chi connectivity index (χ0) is 18.4. The molecule has 1 fully saturated rings. The van der Waals surface area contributed by atoms with E-state index in [0.717, 1.165) is 37.2 Å². The van der Waals surface area contributed by atoms with Crippen molar-refractivity contribution in [2.45, 2.75) is 46.1 Å². The third-order valence-electron chi connectivity index (χ3n) is 4.62. The van der Waals surface area contributed by atoms with Gasteiger partial charge in [-0.05, 0) is 56.5 Å². The van der Waals surface area contributed by atoms with Crippen LogP contribution in [0, 0.1) is 12.8 Å². The van der Waals surface area contributed by atoms with Gasteiger partial charge in [-0.1, -0.05) is 26.3 Å². The highest BCUT2D eigenvalue weighted by Crippen LogP contribution is 2.21. The lowest BCUT2D eigenvalue weighted by Gasteiger charge is -2.25. The Kier molecular flexibility index (Phi) is 6.96. The highest BCUT2D eigenvalue weighted by atomic mass is 16.2. The number of likely N-dealkylation sites (tertiary alicyclic amines) is 1. The Labute approximate surface area is 150 Å². The van der Waals surface area contributed by atoms with Gasteiger partial charge in [0.1, 0.15) is 0 Å². The summed E-state index contributed by atoms with van der Waals surface area (Å²) in [4.78, 5) is 26.6. The highest BCUT2D eigenvalue weighted by Gasteiger charge is 2.18. The number of hydrogen-bond acceptors (Lipinski definition) is 4. The van der Waals surface area contributed by atoms with Crippen LogP contribution in [0.2, 0.25) is 0 Å². The number of nitrogens with two attached hydrogens (primary N) is 1. The number of anilines is 2. The van der Waals surface area contributed by atoms with E-state index in [2.05, 4.69) is 15.5 Å². The van der Waals surface area contributed by atoms with Crippen molar-refractivity contribution in [1.29, 1.82) is 0 Å². The highest BCUT2D eigenvalue weighted by molar-refractivity contribution is 5.97. The molecule has 2 amide bonds. The molecule has 0 radical (unpaired) electrons. The maximum absolute atomic E-state index is 12.3. The molecule has 1 heterocycles. The number of hydrogen-bond donors (Lipinski definition) is 3. The number of amides is 2. The number of aryl methyl sites for hydroxylation is 1. The summed E-state index contributed by atoms with van der Waals surface area (Å²) in [5.74, 6) is -0.175. The lowest BCUT2D eigenvalue weighted by molar-refractivity contribution is -0.118. The molecule has 25 heavy (non-hydrogen) atoms. The number of piperidine rings is 1. The molecule has 0 aliphatic carbocycles. The van der Waals surface area contributed by atoms with Crippen molar-refractivity contribution in [3.05, 3.63) is 23.8 Å². The third kappa shape index (κ3) is 5.83. The summed E-state index contributed by atoms with van der Waals surface area (Å²) < 4.78 is 0. The van der Waals surface area contributed by atoms with Crippen molar-refractivity contribution in [3.63, 3.8) is 0 Å². The number of carbonyl (C=O) groups excluding carboxylic acids is 2. The van der Waals surface area contributed by atoms with E-state index < -0.39 is 6.04 Å². The molecule has 1 aliphatic heterocycles. The first-order chi connectivity index (χ1) is 11.9. The maximum Gasteiger partial charge on any atom is 0.241 e. The van der Waals surface area contributed by atoms with Crippen molar-refractivity contribution in [2.24, 2.45) is 11.7 Å². The van der Waals surface area contributed by atoms with Gasteiger partial charge in [0.25, 0.3) is 0 Å².